The number of nitrogens with one attached hydrogen (secondary N) is 3. The zero-order chi connectivity index (χ0) is 28.9. The third kappa shape index (κ3) is 13.9. The maximum Gasteiger partial charge on any atom is 0.403 e. The van der Waals surface area contributed by atoms with Gasteiger partial charge in [-0.25, -0.2) is 0 Å². The third-order valence-electron chi connectivity index (χ3n) is 5.70. The molecule has 1 saturated heterocycles. The molecule has 9 nitrogen and oxygen atoms in total. The lowest BCUT2D eigenvalue weighted by Crippen LogP contribution is -2.50. The number of amides is 4. The van der Waals surface area contributed by atoms with Crippen LogP contribution in [0.4, 0.5) is 13.2 Å². The number of primary amides is 1. The number of carbonyl (C=O) groups excluding carboxylic acids is 4. The van der Waals surface area contributed by atoms with Gasteiger partial charge in [-0.3, -0.25) is 19.2 Å². The molecule has 0 bridgehead atoms. The Bertz CT molecular complexity index is 807. The summed E-state index contributed by atoms with van der Waals surface area (Å²) in [6.07, 6.45) is 0.899. The van der Waals surface area contributed by atoms with Crippen molar-refractivity contribution in [2.45, 2.75) is 111 Å². The number of nitrogens with two attached hydrogens (primary N) is 1. The summed E-state index contributed by atoms with van der Waals surface area (Å²) in [5, 5.41) is 16.9. The molecule has 0 spiro atoms. The molecule has 2 rings (SSSR count). The minimum absolute atomic E-state index is 0.0887. The molecule has 2 fully saturated rings. The summed E-state index contributed by atoms with van der Waals surface area (Å²) in [5.41, 5.74) is 2.30. The van der Waals surface area contributed by atoms with Crippen molar-refractivity contribution >= 4 is 23.6 Å². The van der Waals surface area contributed by atoms with Crippen molar-refractivity contribution in [3.05, 3.63) is 0 Å². The van der Waals surface area contributed by atoms with E-state index in [9.17, 15) is 32.3 Å². The predicted octanol–water partition coefficient (Wildman–Crippen LogP) is 3.23. The van der Waals surface area contributed by atoms with Crippen LogP contribution < -0.4 is 21.7 Å². The van der Waals surface area contributed by atoms with Crippen LogP contribution in [0.1, 0.15) is 92.4 Å². The van der Waals surface area contributed by atoms with Gasteiger partial charge in [0.05, 0.1) is 6.07 Å². The first-order valence-electron chi connectivity index (χ1n) is 12.6. The first kappa shape index (κ1) is 34.2. The Balaban J connectivity index is 0.000000653. The Morgan fingerprint density at radius 3 is 2.05 bits per heavy atom. The van der Waals surface area contributed by atoms with E-state index in [1.165, 1.54) is 0 Å². The molecule has 0 aromatic heterocycles. The number of hydrogen-bond donors (Lipinski definition) is 4. The first-order chi connectivity index (χ1) is 17.0. The summed E-state index contributed by atoms with van der Waals surface area (Å²) in [7, 11) is 0. The van der Waals surface area contributed by atoms with Crippen LogP contribution >= 0.6 is 0 Å². The number of nitriles is 1. The lowest BCUT2D eigenvalue weighted by molar-refractivity contribution is -0.190. The Hall–Kier alpha value is -2.84. The van der Waals surface area contributed by atoms with Gasteiger partial charge in [-0.15, -0.1) is 0 Å². The fraction of sp³-hybridized carbons (Fsp3) is 0.800. The van der Waals surface area contributed by atoms with E-state index in [4.69, 9.17) is 5.26 Å². The van der Waals surface area contributed by atoms with Crippen LogP contribution in [0.3, 0.4) is 0 Å². The highest BCUT2D eigenvalue weighted by atomic mass is 19.4. The number of alkyl halides is 3. The van der Waals surface area contributed by atoms with E-state index in [2.05, 4.69) is 28.6 Å². The molecule has 2 atom stereocenters. The van der Waals surface area contributed by atoms with Gasteiger partial charge in [-0.2, -0.15) is 18.4 Å². The summed E-state index contributed by atoms with van der Waals surface area (Å²) in [6, 6.07) is 0.818. The Morgan fingerprint density at radius 2 is 1.76 bits per heavy atom. The molecule has 1 saturated carbocycles. The maximum absolute atomic E-state index is 12.2. The molecule has 212 valence electrons. The number of rotatable bonds is 9. The fourth-order valence-corrected chi connectivity index (χ4v) is 3.33. The molecule has 4 amide bonds. The van der Waals surface area contributed by atoms with Gasteiger partial charge in [0.2, 0.25) is 23.6 Å². The van der Waals surface area contributed by atoms with Crippen molar-refractivity contribution in [3.8, 4) is 6.07 Å². The van der Waals surface area contributed by atoms with Gasteiger partial charge in [-0.05, 0) is 44.4 Å². The molecule has 37 heavy (non-hydrogen) atoms. The van der Waals surface area contributed by atoms with Crippen LogP contribution in [0.15, 0.2) is 0 Å². The number of hydrogen-bond acceptors (Lipinski definition) is 5. The summed E-state index contributed by atoms with van der Waals surface area (Å²) in [4.78, 5) is 44.5. The van der Waals surface area contributed by atoms with E-state index in [-0.39, 0.29) is 36.0 Å². The van der Waals surface area contributed by atoms with E-state index < -0.39 is 29.6 Å². The van der Waals surface area contributed by atoms with Gasteiger partial charge in [0.1, 0.15) is 17.5 Å². The van der Waals surface area contributed by atoms with Gasteiger partial charge in [0.15, 0.2) is 0 Å². The van der Waals surface area contributed by atoms with E-state index >= 15 is 0 Å². The predicted molar refractivity (Wildman–Crippen MR) is 133 cm³/mol. The highest BCUT2D eigenvalue weighted by Crippen LogP contribution is 2.57. The van der Waals surface area contributed by atoms with Crippen LogP contribution in [0, 0.1) is 22.2 Å². The van der Waals surface area contributed by atoms with Gasteiger partial charge >= 0.3 is 6.18 Å². The van der Waals surface area contributed by atoms with Crippen molar-refractivity contribution in [3.63, 3.8) is 0 Å². The van der Waals surface area contributed by atoms with Gasteiger partial charge in [-0.1, -0.05) is 40.5 Å². The second kappa shape index (κ2) is 15.4. The zero-order valence-corrected chi connectivity index (χ0v) is 22.5. The Morgan fingerprint density at radius 1 is 1.16 bits per heavy atom. The summed E-state index contributed by atoms with van der Waals surface area (Å²) in [6.45, 7) is 10.6. The van der Waals surface area contributed by atoms with Gasteiger partial charge in [0.25, 0.3) is 0 Å². The second-order valence-electron chi connectivity index (χ2n) is 10.6. The second-order valence-corrected chi connectivity index (χ2v) is 10.6. The van der Waals surface area contributed by atoms with Crippen LogP contribution in [0.5, 0.6) is 0 Å². The molecule has 2 unspecified atom stereocenters. The highest BCUT2D eigenvalue weighted by molar-refractivity contribution is 5.88. The normalized spacial score (nSPS) is 17.3. The molecule has 5 N–H and O–H groups in total. The molecule has 1 aliphatic carbocycles. The fourth-order valence-electron chi connectivity index (χ4n) is 3.33. The Labute approximate surface area is 217 Å². The van der Waals surface area contributed by atoms with Crippen molar-refractivity contribution < 1.29 is 32.3 Å². The molecule has 1 aliphatic heterocycles. The quantitative estimate of drug-likeness (QED) is 0.335. The molecule has 0 radical (unpaired) electrons. The van der Waals surface area contributed by atoms with Crippen LogP contribution in [-0.2, 0) is 19.2 Å². The largest absolute Gasteiger partial charge is 0.403 e. The average molecular weight is 534 g/mol. The lowest BCUT2D eigenvalue weighted by Gasteiger charge is -2.26. The SMILES string of the molecule is CCCCCC(=O)NC(CC(C)(C)C)C(=O)NC(C)C#N.NC(=O)C1(C(F)(F)F)CC1.O=C1CCCN1. The van der Waals surface area contributed by atoms with E-state index in [0.717, 1.165) is 38.6 Å². The number of nitrogens with zero attached hydrogens (tertiary/aromatic N) is 1. The molecule has 0 aromatic carbocycles. The van der Waals surface area contributed by atoms with Crippen molar-refractivity contribution in [1.82, 2.24) is 16.0 Å². The van der Waals surface area contributed by atoms with Gasteiger partial charge in [0, 0.05) is 19.4 Å². The van der Waals surface area contributed by atoms with Crippen LogP contribution in [-0.4, -0.2) is 48.4 Å². The van der Waals surface area contributed by atoms with E-state index in [1.54, 1.807) is 6.92 Å². The molecule has 2 aliphatic rings. The summed E-state index contributed by atoms with van der Waals surface area (Å²) >= 11 is 0. The van der Waals surface area contributed by atoms with Crippen molar-refractivity contribution in [2.75, 3.05) is 6.54 Å². The first-order valence-corrected chi connectivity index (χ1v) is 12.6. The molecule has 1 heterocycles. The van der Waals surface area contributed by atoms with Crippen molar-refractivity contribution in [2.24, 2.45) is 16.6 Å². The van der Waals surface area contributed by atoms with E-state index in [0.29, 0.717) is 12.8 Å². The van der Waals surface area contributed by atoms with E-state index in [1.807, 2.05) is 26.8 Å². The number of halogens is 3. The average Bonchev–Trinajstić information content (AvgIpc) is 3.48. The molecule has 12 heteroatoms. The highest BCUT2D eigenvalue weighted by Gasteiger charge is 2.67. The van der Waals surface area contributed by atoms with Gasteiger partial charge < -0.3 is 21.7 Å². The standard InChI is InChI=1S/C16H29N3O2.C5H6F3NO.C4H7NO/c1-6-7-8-9-14(20)19-13(10-16(3,4)5)15(21)18-12(2)11-17;6-5(7,8)4(1-2-4)3(9)10;6-4-2-1-3-5-4/h12-13H,6-10H2,1-5H3,(H,18,21)(H,19,20);1-2H2,(H2,9,10);1-3H2,(H,5,6). The van der Waals surface area contributed by atoms with Crippen LogP contribution in [0.25, 0.3) is 0 Å². The minimum Gasteiger partial charge on any atom is -0.369 e. The molecular formula is C25H42F3N5O4. The smallest absolute Gasteiger partial charge is 0.369 e. The third-order valence-corrected chi connectivity index (χ3v) is 5.70. The summed E-state index contributed by atoms with van der Waals surface area (Å²) < 4.78 is 35.5. The van der Waals surface area contributed by atoms with Crippen LogP contribution in [0.2, 0.25) is 0 Å². The Kier molecular flexibility index (Phi) is 14.2. The lowest BCUT2D eigenvalue weighted by atomic mass is 9.87. The monoisotopic (exact) mass is 533 g/mol. The topological polar surface area (TPSA) is 154 Å². The summed E-state index contributed by atoms with van der Waals surface area (Å²) in [5.74, 6) is -1.43. The molecule has 0 aromatic rings. The number of unbranched alkanes of at least 4 members (excludes halogenated alkanes) is 2. The van der Waals surface area contributed by atoms with Crippen molar-refractivity contribution in [1.29, 1.82) is 5.26 Å². The minimum atomic E-state index is -4.45. The zero-order valence-electron chi connectivity index (χ0n) is 22.5. The maximum atomic E-state index is 12.2. The number of carbonyl (C=O) groups is 4. The molecular weight excluding hydrogens is 491 g/mol.